The molecule has 0 unspecified atom stereocenters. The second-order valence-corrected chi connectivity index (χ2v) is 5.77. The van der Waals surface area contributed by atoms with Crippen molar-refractivity contribution in [2.24, 2.45) is 5.41 Å². The van der Waals surface area contributed by atoms with Crippen molar-refractivity contribution in [1.29, 1.82) is 0 Å². The standard InChI is InChI=1S/C13H25NO2/c1-5-13(6-2)9-14(10-13)12(3,4)8-7-11(15)16/h5-10H2,1-4H3,(H,15,16). The smallest absolute Gasteiger partial charge is 0.303 e. The largest absolute Gasteiger partial charge is 0.481 e. The van der Waals surface area contributed by atoms with Gasteiger partial charge in [-0.05, 0) is 38.5 Å². The molecule has 1 fully saturated rings. The number of rotatable bonds is 6. The SMILES string of the molecule is CCC1(CC)CN(C(C)(C)CCC(=O)O)C1. The van der Waals surface area contributed by atoms with Crippen molar-refractivity contribution < 1.29 is 9.90 Å². The molecule has 3 nitrogen and oxygen atoms in total. The first-order chi connectivity index (χ1) is 7.35. The molecule has 1 heterocycles. The summed E-state index contributed by atoms with van der Waals surface area (Å²) in [6.07, 6.45) is 3.48. The third-order valence-corrected chi connectivity index (χ3v) is 4.36. The van der Waals surface area contributed by atoms with Gasteiger partial charge < -0.3 is 5.11 Å². The number of carboxylic acid groups (broad SMARTS) is 1. The Balaban J connectivity index is 2.45. The summed E-state index contributed by atoms with van der Waals surface area (Å²) < 4.78 is 0. The highest BCUT2D eigenvalue weighted by atomic mass is 16.4. The van der Waals surface area contributed by atoms with Crippen LogP contribution in [0.3, 0.4) is 0 Å². The van der Waals surface area contributed by atoms with E-state index in [1.165, 1.54) is 12.8 Å². The number of carbonyl (C=O) groups is 1. The van der Waals surface area contributed by atoms with Gasteiger partial charge in [0.15, 0.2) is 0 Å². The van der Waals surface area contributed by atoms with E-state index in [1.54, 1.807) is 0 Å². The van der Waals surface area contributed by atoms with Crippen LogP contribution >= 0.6 is 0 Å². The molecule has 0 aromatic heterocycles. The lowest BCUT2D eigenvalue weighted by atomic mass is 9.72. The molecular formula is C13H25NO2. The minimum Gasteiger partial charge on any atom is -0.481 e. The second kappa shape index (κ2) is 4.74. The second-order valence-electron chi connectivity index (χ2n) is 5.77. The summed E-state index contributed by atoms with van der Waals surface area (Å²) in [5.41, 5.74) is 0.534. The third kappa shape index (κ3) is 2.76. The predicted molar refractivity (Wildman–Crippen MR) is 65.5 cm³/mol. The van der Waals surface area contributed by atoms with Crippen LogP contribution in [0.15, 0.2) is 0 Å². The molecule has 1 rings (SSSR count). The van der Waals surface area contributed by atoms with E-state index in [1.807, 2.05) is 0 Å². The molecular weight excluding hydrogens is 202 g/mol. The van der Waals surface area contributed by atoms with Gasteiger partial charge in [-0.25, -0.2) is 0 Å². The number of likely N-dealkylation sites (tertiary alicyclic amines) is 1. The first-order valence-electron chi connectivity index (χ1n) is 6.32. The van der Waals surface area contributed by atoms with Crippen LogP contribution in [0.4, 0.5) is 0 Å². The normalized spacial score (nSPS) is 20.5. The van der Waals surface area contributed by atoms with Gasteiger partial charge in [0.25, 0.3) is 0 Å². The van der Waals surface area contributed by atoms with Crippen molar-refractivity contribution in [1.82, 2.24) is 4.90 Å². The first kappa shape index (κ1) is 13.5. The first-order valence-corrected chi connectivity index (χ1v) is 6.32. The highest BCUT2D eigenvalue weighted by molar-refractivity contribution is 5.66. The van der Waals surface area contributed by atoms with E-state index in [0.29, 0.717) is 5.41 Å². The van der Waals surface area contributed by atoms with Gasteiger partial charge in [-0.1, -0.05) is 13.8 Å². The van der Waals surface area contributed by atoms with Crippen molar-refractivity contribution in [3.05, 3.63) is 0 Å². The monoisotopic (exact) mass is 227 g/mol. The molecule has 0 aromatic rings. The molecule has 1 aliphatic heterocycles. The van der Waals surface area contributed by atoms with Crippen LogP contribution in [0, 0.1) is 5.41 Å². The Morgan fingerprint density at radius 1 is 1.31 bits per heavy atom. The lowest BCUT2D eigenvalue weighted by molar-refractivity contribution is -0.138. The molecule has 0 aliphatic carbocycles. The minimum absolute atomic E-state index is 0.0340. The number of hydrogen-bond donors (Lipinski definition) is 1. The van der Waals surface area contributed by atoms with Gasteiger partial charge in [0.05, 0.1) is 0 Å². The van der Waals surface area contributed by atoms with Gasteiger partial charge in [-0.15, -0.1) is 0 Å². The fourth-order valence-corrected chi connectivity index (χ4v) is 2.46. The Labute approximate surface area is 98.8 Å². The average molecular weight is 227 g/mol. The van der Waals surface area contributed by atoms with Gasteiger partial charge in [-0.2, -0.15) is 0 Å². The maximum absolute atomic E-state index is 10.6. The number of hydrogen-bond acceptors (Lipinski definition) is 2. The Hall–Kier alpha value is -0.570. The summed E-state index contributed by atoms with van der Waals surface area (Å²) in [5, 5.41) is 8.73. The maximum atomic E-state index is 10.6. The van der Waals surface area contributed by atoms with Crippen LogP contribution in [0.25, 0.3) is 0 Å². The van der Waals surface area contributed by atoms with Crippen molar-refractivity contribution in [2.45, 2.75) is 58.9 Å². The van der Waals surface area contributed by atoms with E-state index >= 15 is 0 Å². The van der Waals surface area contributed by atoms with Crippen molar-refractivity contribution >= 4 is 5.97 Å². The molecule has 0 amide bonds. The van der Waals surface area contributed by atoms with E-state index in [9.17, 15) is 4.79 Å². The third-order valence-electron chi connectivity index (χ3n) is 4.36. The molecule has 1 N–H and O–H groups in total. The lowest BCUT2D eigenvalue weighted by Gasteiger charge is -2.56. The minimum atomic E-state index is -0.689. The fourth-order valence-electron chi connectivity index (χ4n) is 2.46. The maximum Gasteiger partial charge on any atom is 0.303 e. The molecule has 0 bridgehead atoms. The number of nitrogens with zero attached hydrogens (tertiary/aromatic N) is 1. The topological polar surface area (TPSA) is 40.5 Å². The van der Waals surface area contributed by atoms with Crippen LogP contribution < -0.4 is 0 Å². The van der Waals surface area contributed by atoms with Crippen LogP contribution in [0.1, 0.15) is 53.4 Å². The highest BCUT2D eigenvalue weighted by Gasteiger charge is 2.45. The zero-order valence-corrected chi connectivity index (χ0v) is 11.0. The van der Waals surface area contributed by atoms with Gasteiger partial charge in [-0.3, -0.25) is 9.69 Å². The molecule has 1 saturated heterocycles. The molecule has 1 aliphatic rings. The fraction of sp³-hybridized carbons (Fsp3) is 0.923. The summed E-state index contributed by atoms with van der Waals surface area (Å²) >= 11 is 0. The van der Waals surface area contributed by atoms with Gasteiger partial charge >= 0.3 is 5.97 Å². The number of aliphatic carboxylic acids is 1. The Kier molecular flexibility index (Phi) is 4.00. The van der Waals surface area contributed by atoms with Crippen LogP contribution in [-0.2, 0) is 4.79 Å². The molecule has 0 radical (unpaired) electrons. The molecule has 0 saturated carbocycles. The van der Waals surface area contributed by atoms with E-state index in [2.05, 4.69) is 32.6 Å². The summed E-state index contributed by atoms with van der Waals surface area (Å²) in [5.74, 6) is -0.689. The van der Waals surface area contributed by atoms with Crippen LogP contribution in [-0.4, -0.2) is 34.6 Å². The lowest BCUT2D eigenvalue weighted by Crippen LogP contribution is -2.63. The molecule has 16 heavy (non-hydrogen) atoms. The zero-order valence-electron chi connectivity index (χ0n) is 11.0. The zero-order chi connectivity index (χ0) is 12.4. The van der Waals surface area contributed by atoms with Crippen molar-refractivity contribution in [3.63, 3.8) is 0 Å². The Morgan fingerprint density at radius 2 is 1.81 bits per heavy atom. The summed E-state index contributed by atoms with van der Waals surface area (Å²) in [6, 6.07) is 0. The van der Waals surface area contributed by atoms with E-state index in [-0.39, 0.29) is 12.0 Å². The molecule has 0 spiro atoms. The highest BCUT2D eigenvalue weighted by Crippen LogP contribution is 2.41. The average Bonchev–Trinajstić information content (AvgIpc) is 2.15. The predicted octanol–water partition coefficient (Wildman–Crippen LogP) is 2.75. The molecule has 94 valence electrons. The molecule has 3 heteroatoms. The summed E-state index contributed by atoms with van der Waals surface area (Å²) in [6.45, 7) is 11.1. The summed E-state index contributed by atoms with van der Waals surface area (Å²) in [4.78, 5) is 13.0. The quantitative estimate of drug-likeness (QED) is 0.758. The van der Waals surface area contributed by atoms with Crippen molar-refractivity contribution in [2.75, 3.05) is 13.1 Å². The van der Waals surface area contributed by atoms with Crippen molar-refractivity contribution in [3.8, 4) is 0 Å². The molecule has 0 aromatic carbocycles. The van der Waals surface area contributed by atoms with Gasteiger partial charge in [0.1, 0.15) is 0 Å². The molecule has 0 atom stereocenters. The van der Waals surface area contributed by atoms with E-state index in [0.717, 1.165) is 19.5 Å². The Bertz CT molecular complexity index is 249. The van der Waals surface area contributed by atoms with E-state index in [4.69, 9.17) is 5.11 Å². The number of carboxylic acids is 1. The Morgan fingerprint density at radius 3 is 2.19 bits per heavy atom. The summed E-state index contributed by atoms with van der Waals surface area (Å²) in [7, 11) is 0. The van der Waals surface area contributed by atoms with Crippen LogP contribution in [0.5, 0.6) is 0 Å². The van der Waals surface area contributed by atoms with Gasteiger partial charge in [0.2, 0.25) is 0 Å². The van der Waals surface area contributed by atoms with Crippen LogP contribution in [0.2, 0.25) is 0 Å². The van der Waals surface area contributed by atoms with E-state index < -0.39 is 5.97 Å². The van der Waals surface area contributed by atoms with Gasteiger partial charge in [0, 0.05) is 25.0 Å².